The monoisotopic (exact) mass is 246 g/mol. The van der Waals surface area contributed by atoms with Crippen LogP contribution in [0.1, 0.15) is 36.6 Å². The molecular formula is C14H18N2O2. The summed E-state index contributed by atoms with van der Waals surface area (Å²) in [6, 6.07) is 7.93. The Hall–Kier alpha value is -1.81. The maximum absolute atomic E-state index is 10.5. The number of carboxylic acid groups (broad SMARTS) is 1. The average Bonchev–Trinajstić information content (AvgIpc) is 2.64. The molecule has 0 spiro atoms. The van der Waals surface area contributed by atoms with Crippen LogP contribution in [-0.4, -0.2) is 16.1 Å². The van der Waals surface area contributed by atoms with Gasteiger partial charge in [-0.05, 0) is 31.4 Å². The fourth-order valence-electron chi connectivity index (χ4n) is 2.39. The molecule has 96 valence electrons. The van der Waals surface area contributed by atoms with Crippen molar-refractivity contribution in [1.82, 2.24) is 4.98 Å². The van der Waals surface area contributed by atoms with Crippen LogP contribution in [0.5, 0.6) is 0 Å². The van der Waals surface area contributed by atoms with Crippen LogP contribution in [0.15, 0.2) is 24.3 Å². The van der Waals surface area contributed by atoms with Gasteiger partial charge in [0.1, 0.15) is 0 Å². The van der Waals surface area contributed by atoms with Crippen molar-refractivity contribution in [2.45, 2.75) is 32.2 Å². The van der Waals surface area contributed by atoms with Gasteiger partial charge in [-0.2, -0.15) is 0 Å². The number of carbonyl (C=O) groups is 1. The largest absolute Gasteiger partial charge is 0.481 e. The lowest BCUT2D eigenvalue weighted by molar-refractivity contribution is -0.137. The molecule has 1 heterocycles. The van der Waals surface area contributed by atoms with Gasteiger partial charge >= 0.3 is 5.97 Å². The van der Waals surface area contributed by atoms with E-state index in [1.165, 1.54) is 0 Å². The second-order valence-corrected chi connectivity index (χ2v) is 4.60. The number of benzene rings is 1. The summed E-state index contributed by atoms with van der Waals surface area (Å²) < 4.78 is 0. The average molecular weight is 246 g/mol. The predicted octanol–water partition coefficient (Wildman–Crippen LogP) is 2.73. The molecule has 0 bridgehead atoms. The fraction of sp³-hybridized carbons (Fsp3) is 0.357. The summed E-state index contributed by atoms with van der Waals surface area (Å²) in [5.74, 6) is -0.766. The number of hydrogen-bond donors (Lipinski definition) is 3. The molecule has 1 unspecified atom stereocenters. The van der Waals surface area contributed by atoms with E-state index in [0.29, 0.717) is 12.8 Å². The zero-order chi connectivity index (χ0) is 13.1. The van der Waals surface area contributed by atoms with Crippen molar-refractivity contribution in [3.63, 3.8) is 0 Å². The van der Waals surface area contributed by atoms with E-state index in [1.807, 2.05) is 31.2 Å². The van der Waals surface area contributed by atoms with Crippen LogP contribution in [0.4, 0.5) is 0 Å². The Labute approximate surface area is 106 Å². The Morgan fingerprint density at radius 2 is 2.17 bits per heavy atom. The van der Waals surface area contributed by atoms with Crippen molar-refractivity contribution in [3.05, 3.63) is 35.5 Å². The van der Waals surface area contributed by atoms with E-state index in [0.717, 1.165) is 22.2 Å². The molecule has 1 aromatic heterocycles. The molecule has 0 aliphatic rings. The fourth-order valence-corrected chi connectivity index (χ4v) is 2.39. The van der Waals surface area contributed by atoms with Gasteiger partial charge in [-0.25, -0.2) is 0 Å². The number of aromatic amines is 1. The molecule has 0 saturated carbocycles. The number of aryl methyl sites for hydroxylation is 1. The first-order chi connectivity index (χ1) is 8.59. The van der Waals surface area contributed by atoms with E-state index < -0.39 is 5.97 Å². The first-order valence-electron chi connectivity index (χ1n) is 6.14. The van der Waals surface area contributed by atoms with Crippen LogP contribution in [0.3, 0.4) is 0 Å². The second-order valence-electron chi connectivity index (χ2n) is 4.60. The summed E-state index contributed by atoms with van der Waals surface area (Å²) in [6.45, 7) is 2.01. The Bertz CT molecular complexity index is 560. The minimum absolute atomic E-state index is 0.111. The quantitative estimate of drug-likeness (QED) is 0.759. The third kappa shape index (κ3) is 2.54. The lowest BCUT2D eigenvalue weighted by atomic mass is 9.99. The number of rotatable bonds is 5. The zero-order valence-electron chi connectivity index (χ0n) is 10.4. The molecule has 4 N–H and O–H groups in total. The first kappa shape index (κ1) is 12.6. The number of H-pyrrole nitrogens is 1. The highest BCUT2D eigenvalue weighted by molar-refractivity contribution is 5.85. The molecule has 0 aliphatic carbocycles. The first-order valence-corrected chi connectivity index (χ1v) is 6.14. The number of nitrogens with two attached hydrogens (primary N) is 1. The standard InChI is InChI=1S/C14H18N2O2/c1-9-14(11(15)6-4-8-13(17)18)10-5-2-3-7-12(10)16-9/h2-3,5,7,11,16H,4,6,8,15H2,1H3,(H,17,18). The molecule has 0 aliphatic heterocycles. The van der Waals surface area contributed by atoms with Crippen molar-refractivity contribution in [2.24, 2.45) is 5.73 Å². The summed E-state index contributed by atoms with van der Waals surface area (Å²) in [5.41, 5.74) is 9.44. The number of carboxylic acids is 1. The van der Waals surface area contributed by atoms with Gasteiger partial charge in [0, 0.05) is 29.1 Å². The maximum atomic E-state index is 10.5. The SMILES string of the molecule is Cc1[nH]c2ccccc2c1C(N)CCCC(=O)O. The van der Waals surface area contributed by atoms with Gasteiger partial charge in [-0.1, -0.05) is 18.2 Å². The minimum Gasteiger partial charge on any atom is -0.481 e. The van der Waals surface area contributed by atoms with Gasteiger partial charge < -0.3 is 15.8 Å². The van der Waals surface area contributed by atoms with Crippen molar-refractivity contribution in [1.29, 1.82) is 0 Å². The topological polar surface area (TPSA) is 79.1 Å². The van der Waals surface area contributed by atoms with Gasteiger partial charge in [-0.15, -0.1) is 0 Å². The number of para-hydroxylation sites is 1. The maximum Gasteiger partial charge on any atom is 0.303 e. The Balaban J connectivity index is 2.19. The van der Waals surface area contributed by atoms with Gasteiger partial charge in [0.25, 0.3) is 0 Å². The van der Waals surface area contributed by atoms with E-state index in [-0.39, 0.29) is 12.5 Å². The molecule has 18 heavy (non-hydrogen) atoms. The molecule has 0 fully saturated rings. The molecule has 2 rings (SSSR count). The number of fused-ring (bicyclic) bond motifs is 1. The highest BCUT2D eigenvalue weighted by Gasteiger charge is 2.15. The molecule has 1 aromatic carbocycles. The van der Waals surface area contributed by atoms with Crippen LogP contribution >= 0.6 is 0 Å². The highest BCUT2D eigenvalue weighted by atomic mass is 16.4. The third-order valence-corrected chi connectivity index (χ3v) is 3.22. The van der Waals surface area contributed by atoms with Crippen LogP contribution in [0.25, 0.3) is 10.9 Å². The van der Waals surface area contributed by atoms with Crippen molar-refractivity contribution in [2.75, 3.05) is 0 Å². The Morgan fingerprint density at radius 3 is 2.89 bits per heavy atom. The van der Waals surface area contributed by atoms with Gasteiger partial charge in [0.15, 0.2) is 0 Å². The summed E-state index contributed by atoms with van der Waals surface area (Å²) >= 11 is 0. The van der Waals surface area contributed by atoms with Crippen LogP contribution in [-0.2, 0) is 4.79 Å². The van der Waals surface area contributed by atoms with Gasteiger partial charge in [-0.3, -0.25) is 4.79 Å². The van der Waals surface area contributed by atoms with Crippen LogP contribution in [0, 0.1) is 6.92 Å². The predicted molar refractivity (Wildman–Crippen MR) is 71.5 cm³/mol. The number of aliphatic carboxylic acids is 1. The number of aromatic nitrogens is 1. The molecular weight excluding hydrogens is 228 g/mol. The van der Waals surface area contributed by atoms with Crippen LogP contribution in [0.2, 0.25) is 0 Å². The smallest absolute Gasteiger partial charge is 0.303 e. The summed E-state index contributed by atoms with van der Waals surface area (Å²) in [4.78, 5) is 13.8. The number of hydrogen-bond acceptors (Lipinski definition) is 2. The highest BCUT2D eigenvalue weighted by Crippen LogP contribution is 2.28. The van der Waals surface area contributed by atoms with Gasteiger partial charge in [0.2, 0.25) is 0 Å². The lowest BCUT2D eigenvalue weighted by Crippen LogP contribution is -2.11. The molecule has 4 nitrogen and oxygen atoms in total. The molecule has 0 saturated heterocycles. The van der Waals surface area contributed by atoms with Crippen molar-refractivity contribution < 1.29 is 9.90 Å². The van der Waals surface area contributed by atoms with E-state index in [1.54, 1.807) is 0 Å². The second kappa shape index (κ2) is 5.23. The normalized spacial score (nSPS) is 12.8. The summed E-state index contributed by atoms with van der Waals surface area (Å²) in [5, 5.41) is 9.77. The molecule has 0 amide bonds. The number of nitrogens with one attached hydrogen (secondary N) is 1. The Morgan fingerprint density at radius 1 is 1.44 bits per heavy atom. The minimum atomic E-state index is -0.766. The molecule has 0 radical (unpaired) electrons. The third-order valence-electron chi connectivity index (χ3n) is 3.22. The summed E-state index contributed by atoms with van der Waals surface area (Å²) in [7, 11) is 0. The Kier molecular flexibility index (Phi) is 3.67. The van der Waals surface area contributed by atoms with Gasteiger partial charge in [0.05, 0.1) is 0 Å². The van der Waals surface area contributed by atoms with Crippen molar-refractivity contribution >= 4 is 16.9 Å². The van der Waals surface area contributed by atoms with Crippen LogP contribution < -0.4 is 5.73 Å². The van der Waals surface area contributed by atoms with E-state index in [9.17, 15) is 4.79 Å². The van der Waals surface area contributed by atoms with E-state index in [2.05, 4.69) is 4.98 Å². The van der Waals surface area contributed by atoms with E-state index >= 15 is 0 Å². The lowest BCUT2D eigenvalue weighted by Gasteiger charge is -2.11. The van der Waals surface area contributed by atoms with E-state index in [4.69, 9.17) is 10.8 Å². The molecule has 1 atom stereocenters. The zero-order valence-corrected chi connectivity index (χ0v) is 10.4. The van der Waals surface area contributed by atoms with Crippen molar-refractivity contribution in [3.8, 4) is 0 Å². The summed E-state index contributed by atoms with van der Waals surface area (Å²) in [6.07, 6.45) is 1.47. The molecule has 2 aromatic rings. The molecule has 4 heteroatoms.